The lowest BCUT2D eigenvalue weighted by Gasteiger charge is -2.18. The summed E-state index contributed by atoms with van der Waals surface area (Å²) >= 11 is 0. The van der Waals surface area contributed by atoms with Crippen LogP contribution in [0.2, 0.25) is 0 Å². The molecule has 27 heavy (non-hydrogen) atoms. The number of aromatic nitrogens is 1. The van der Waals surface area contributed by atoms with Crippen LogP contribution >= 0.6 is 0 Å². The van der Waals surface area contributed by atoms with Gasteiger partial charge < -0.3 is 14.2 Å². The molecule has 5 heteroatoms. The third-order valence-corrected chi connectivity index (χ3v) is 4.74. The Kier molecular flexibility index (Phi) is 6.12. The van der Waals surface area contributed by atoms with E-state index in [4.69, 9.17) is 14.2 Å². The Balaban J connectivity index is 1.96. The first-order chi connectivity index (χ1) is 13.1. The zero-order chi connectivity index (χ0) is 19.2. The van der Waals surface area contributed by atoms with Crippen LogP contribution in [0.1, 0.15) is 38.2 Å². The molecule has 0 atom stereocenters. The van der Waals surface area contributed by atoms with Crippen molar-refractivity contribution in [3.05, 3.63) is 48.8 Å². The number of rotatable bonds is 7. The van der Waals surface area contributed by atoms with Gasteiger partial charge in [-0.2, -0.15) is 0 Å². The summed E-state index contributed by atoms with van der Waals surface area (Å²) in [5, 5.41) is 0. The van der Waals surface area contributed by atoms with Gasteiger partial charge in [0, 0.05) is 18.0 Å². The molecular weight excluding hydrogens is 342 g/mol. The summed E-state index contributed by atoms with van der Waals surface area (Å²) in [4.78, 5) is 16.4. The summed E-state index contributed by atoms with van der Waals surface area (Å²) in [5.41, 5.74) is 2.69. The summed E-state index contributed by atoms with van der Waals surface area (Å²) in [6.07, 6.45) is 8.09. The monoisotopic (exact) mass is 367 g/mol. The molecule has 0 N–H and O–H groups in total. The highest BCUT2D eigenvalue weighted by Crippen LogP contribution is 2.37. The number of esters is 1. The van der Waals surface area contributed by atoms with Crippen LogP contribution in [-0.2, 0) is 9.53 Å². The van der Waals surface area contributed by atoms with E-state index in [1.165, 1.54) is 12.8 Å². The molecule has 1 aliphatic carbocycles. The molecular formula is C22H25NO4. The average molecular weight is 367 g/mol. The maximum atomic E-state index is 12.1. The van der Waals surface area contributed by atoms with Gasteiger partial charge in [0.1, 0.15) is 0 Å². The minimum atomic E-state index is -0.430. The normalized spacial score (nSPS) is 14.0. The Bertz CT molecular complexity index is 825. The summed E-state index contributed by atoms with van der Waals surface area (Å²) in [6, 6.07) is 7.52. The molecule has 5 nitrogen and oxygen atoms in total. The van der Waals surface area contributed by atoms with Gasteiger partial charge in [-0.25, -0.2) is 4.79 Å². The van der Waals surface area contributed by atoms with Crippen LogP contribution in [-0.4, -0.2) is 30.8 Å². The number of carbonyl (C=O) groups is 1. The number of hydrogen-bond acceptors (Lipinski definition) is 5. The van der Waals surface area contributed by atoms with E-state index in [1.807, 2.05) is 18.2 Å². The maximum absolute atomic E-state index is 12.1. The quantitative estimate of drug-likeness (QED) is 0.526. The van der Waals surface area contributed by atoms with Gasteiger partial charge >= 0.3 is 5.97 Å². The summed E-state index contributed by atoms with van der Waals surface area (Å²) in [6.45, 7) is 5.99. The molecule has 0 unspecified atom stereocenters. The minimum absolute atomic E-state index is 0.219. The molecule has 1 aromatic heterocycles. The largest absolute Gasteiger partial charge is 0.493 e. The third-order valence-electron chi connectivity index (χ3n) is 4.74. The molecule has 142 valence electrons. The van der Waals surface area contributed by atoms with Crippen molar-refractivity contribution >= 4 is 11.5 Å². The summed E-state index contributed by atoms with van der Waals surface area (Å²) < 4.78 is 16.7. The van der Waals surface area contributed by atoms with Gasteiger partial charge in [-0.3, -0.25) is 4.98 Å². The predicted octanol–water partition coefficient (Wildman–Crippen LogP) is 4.65. The van der Waals surface area contributed by atoms with Crippen molar-refractivity contribution in [3.8, 4) is 22.6 Å². The fourth-order valence-electron chi connectivity index (χ4n) is 3.34. The summed E-state index contributed by atoms with van der Waals surface area (Å²) in [5.74, 6) is 0.972. The molecule has 1 aliphatic rings. The predicted molar refractivity (Wildman–Crippen MR) is 105 cm³/mol. The number of pyridine rings is 1. The smallest absolute Gasteiger partial charge is 0.338 e. The highest BCUT2D eigenvalue weighted by atomic mass is 16.5. The van der Waals surface area contributed by atoms with E-state index >= 15 is 0 Å². The number of hydrogen-bond donors (Lipinski definition) is 0. The van der Waals surface area contributed by atoms with E-state index in [9.17, 15) is 4.79 Å². The maximum Gasteiger partial charge on any atom is 0.338 e. The van der Waals surface area contributed by atoms with E-state index in [2.05, 4.69) is 11.6 Å². The van der Waals surface area contributed by atoms with E-state index in [0.717, 1.165) is 24.0 Å². The van der Waals surface area contributed by atoms with Crippen LogP contribution in [0, 0.1) is 0 Å². The Morgan fingerprint density at radius 3 is 2.70 bits per heavy atom. The van der Waals surface area contributed by atoms with Gasteiger partial charge in [-0.1, -0.05) is 12.6 Å². The Morgan fingerprint density at radius 1 is 1.22 bits per heavy atom. The van der Waals surface area contributed by atoms with Crippen LogP contribution in [0.5, 0.6) is 11.5 Å². The number of ether oxygens (including phenoxy) is 3. The SMILES string of the molecule is C=C(C(=O)OCC)c1ccncc1-c1ccc(OC)c(OC2CCCC2)c1. The number of methoxy groups -OCH3 is 1. The topological polar surface area (TPSA) is 57.7 Å². The number of carbonyl (C=O) groups excluding carboxylic acids is 1. The van der Waals surface area contributed by atoms with Crippen molar-refractivity contribution < 1.29 is 19.0 Å². The average Bonchev–Trinajstić information content (AvgIpc) is 3.20. The zero-order valence-corrected chi connectivity index (χ0v) is 15.9. The van der Waals surface area contributed by atoms with Gasteiger partial charge in [0.25, 0.3) is 0 Å². The molecule has 0 spiro atoms. The van der Waals surface area contributed by atoms with E-state index in [0.29, 0.717) is 29.2 Å². The van der Waals surface area contributed by atoms with Gasteiger partial charge in [-0.15, -0.1) is 0 Å². The van der Waals surface area contributed by atoms with Gasteiger partial charge in [0.15, 0.2) is 11.5 Å². The van der Waals surface area contributed by atoms with Gasteiger partial charge in [-0.05, 0) is 61.9 Å². The van der Waals surface area contributed by atoms with Crippen LogP contribution in [0.25, 0.3) is 16.7 Å². The highest BCUT2D eigenvalue weighted by Gasteiger charge is 2.20. The van der Waals surface area contributed by atoms with Crippen LogP contribution in [0.15, 0.2) is 43.2 Å². The molecule has 0 bridgehead atoms. The minimum Gasteiger partial charge on any atom is -0.493 e. The number of benzene rings is 1. The van der Waals surface area contributed by atoms with E-state index in [1.54, 1.807) is 32.5 Å². The molecule has 2 aromatic rings. The first kappa shape index (κ1) is 19.0. The highest BCUT2D eigenvalue weighted by molar-refractivity contribution is 6.17. The van der Waals surface area contributed by atoms with Crippen molar-refractivity contribution in [1.29, 1.82) is 0 Å². The molecule has 1 saturated carbocycles. The molecule has 1 aromatic carbocycles. The lowest BCUT2D eigenvalue weighted by molar-refractivity contribution is -0.136. The first-order valence-corrected chi connectivity index (χ1v) is 9.29. The van der Waals surface area contributed by atoms with Gasteiger partial charge in [0.2, 0.25) is 0 Å². The van der Waals surface area contributed by atoms with Crippen molar-refractivity contribution in [1.82, 2.24) is 4.98 Å². The molecule has 0 saturated heterocycles. The second-order valence-corrected chi connectivity index (χ2v) is 6.51. The lowest BCUT2D eigenvalue weighted by Crippen LogP contribution is -2.11. The first-order valence-electron chi connectivity index (χ1n) is 9.29. The van der Waals surface area contributed by atoms with Crippen molar-refractivity contribution in [2.75, 3.05) is 13.7 Å². The third kappa shape index (κ3) is 4.30. The van der Waals surface area contributed by atoms with Crippen LogP contribution in [0.4, 0.5) is 0 Å². The molecule has 0 amide bonds. The fraction of sp³-hybridized carbons (Fsp3) is 0.364. The van der Waals surface area contributed by atoms with Crippen molar-refractivity contribution in [2.24, 2.45) is 0 Å². The van der Waals surface area contributed by atoms with E-state index in [-0.39, 0.29) is 6.10 Å². The standard InChI is InChI=1S/C22H25NO4/c1-4-26-22(24)15(2)18-11-12-23-14-19(18)16-9-10-20(25-3)21(13-16)27-17-7-5-6-8-17/h9-14,17H,2,4-8H2,1,3H3. The Morgan fingerprint density at radius 2 is 2.00 bits per heavy atom. The molecule has 0 radical (unpaired) electrons. The molecule has 1 heterocycles. The molecule has 1 fully saturated rings. The molecule has 0 aliphatic heterocycles. The number of nitrogens with zero attached hydrogens (tertiary/aromatic N) is 1. The van der Waals surface area contributed by atoms with Crippen molar-refractivity contribution in [2.45, 2.75) is 38.7 Å². The van der Waals surface area contributed by atoms with E-state index < -0.39 is 5.97 Å². The van der Waals surface area contributed by atoms with Crippen LogP contribution in [0.3, 0.4) is 0 Å². The second kappa shape index (κ2) is 8.71. The van der Waals surface area contributed by atoms with Gasteiger partial charge in [0.05, 0.1) is 25.4 Å². The zero-order valence-electron chi connectivity index (χ0n) is 15.9. The summed E-state index contributed by atoms with van der Waals surface area (Å²) in [7, 11) is 1.63. The lowest BCUT2D eigenvalue weighted by atomic mass is 9.97. The van der Waals surface area contributed by atoms with Crippen LogP contribution < -0.4 is 9.47 Å². The Labute approximate surface area is 160 Å². The van der Waals surface area contributed by atoms with Crippen molar-refractivity contribution in [3.63, 3.8) is 0 Å². The fourth-order valence-corrected chi connectivity index (χ4v) is 3.34. The Hall–Kier alpha value is -2.82. The molecule has 3 rings (SSSR count). The second-order valence-electron chi connectivity index (χ2n) is 6.51.